The Labute approximate surface area is 169 Å². The summed E-state index contributed by atoms with van der Waals surface area (Å²) in [5.74, 6) is 0.500. The highest BCUT2D eigenvalue weighted by atomic mass is 16.5. The van der Waals surface area contributed by atoms with E-state index in [0.29, 0.717) is 35.8 Å². The topological polar surface area (TPSA) is 85.2 Å². The molecule has 0 fully saturated rings. The molecule has 2 aromatic heterocycles. The molecular formula is C21H24N4O4. The summed E-state index contributed by atoms with van der Waals surface area (Å²) in [7, 11) is 3.06. The van der Waals surface area contributed by atoms with Crippen molar-refractivity contribution in [1.82, 2.24) is 14.3 Å². The first kappa shape index (κ1) is 20.2. The molecule has 0 aliphatic rings. The summed E-state index contributed by atoms with van der Waals surface area (Å²) in [4.78, 5) is 32.0. The molecule has 3 aromatic rings. The number of aromatic nitrogens is 2. The molecule has 0 spiro atoms. The molecule has 1 aromatic carbocycles. The number of fused-ring (bicyclic) bond motifs is 1. The lowest BCUT2D eigenvalue weighted by atomic mass is 10.2. The number of benzene rings is 1. The van der Waals surface area contributed by atoms with E-state index >= 15 is 0 Å². The second kappa shape index (κ2) is 8.64. The van der Waals surface area contributed by atoms with Gasteiger partial charge in [-0.1, -0.05) is 6.07 Å². The molecule has 0 aliphatic heterocycles. The van der Waals surface area contributed by atoms with E-state index in [1.54, 1.807) is 52.9 Å². The van der Waals surface area contributed by atoms with Crippen LogP contribution in [0.25, 0.3) is 5.52 Å². The Morgan fingerprint density at radius 3 is 2.52 bits per heavy atom. The van der Waals surface area contributed by atoms with Gasteiger partial charge in [0, 0.05) is 25.4 Å². The van der Waals surface area contributed by atoms with Crippen LogP contribution in [0.1, 0.15) is 35.0 Å². The van der Waals surface area contributed by atoms with Crippen LogP contribution in [-0.4, -0.2) is 53.4 Å². The number of hydrogen-bond acceptors (Lipinski definition) is 5. The third-order valence-corrected chi connectivity index (χ3v) is 4.66. The van der Waals surface area contributed by atoms with Crippen molar-refractivity contribution in [2.45, 2.75) is 13.8 Å². The zero-order valence-electron chi connectivity index (χ0n) is 16.9. The third kappa shape index (κ3) is 3.87. The first-order valence-corrected chi connectivity index (χ1v) is 9.33. The number of anilines is 1. The van der Waals surface area contributed by atoms with Crippen LogP contribution in [0, 0.1) is 0 Å². The summed E-state index contributed by atoms with van der Waals surface area (Å²) < 4.78 is 12.1. The number of nitrogens with one attached hydrogen (secondary N) is 1. The largest absolute Gasteiger partial charge is 0.497 e. The molecule has 1 N–H and O–H groups in total. The smallest absolute Gasteiger partial charge is 0.292 e. The van der Waals surface area contributed by atoms with Gasteiger partial charge in [-0.05, 0) is 38.1 Å². The summed E-state index contributed by atoms with van der Waals surface area (Å²) in [5, 5.41) is 2.80. The Hall–Kier alpha value is -3.55. The lowest BCUT2D eigenvalue weighted by molar-refractivity contribution is 0.0769. The van der Waals surface area contributed by atoms with Crippen LogP contribution in [0.2, 0.25) is 0 Å². The summed E-state index contributed by atoms with van der Waals surface area (Å²) in [6.07, 6.45) is 1.71. The van der Waals surface area contributed by atoms with Crippen molar-refractivity contribution in [3.05, 3.63) is 54.1 Å². The van der Waals surface area contributed by atoms with Crippen LogP contribution in [0.5, 0.6) is 11.5 Å². The zero-order valence-corrected chi connectivity index (χ0v) is 16.9. The highest BCUT2D eigenvalue weighted by molar-refractivity contribution is 6.06. The van der Waals surface area contributed by atoms with Crippen LogP contribution >= 0.6 is 0 Å². The maximum atomic E-state index is 13.0. The molecule has 0 atom stereocenters. The number of pyridine rings is 1. The third-order valence-electron chi connectivity index (χ3n) is 4.66. The second-order valence-electron chi connectivity index (χ2n) is 6.24. The Bertz CT molecular complexity index is 1040. The van der Waals surface area contributed by atoms with E-state index in [2.05, 4.69) is 10.3 Å². The van der Waals surface area contributed by atoms with Crippen molar-refractivity contribution >= 4 is 23.0 Å². The molecule has 8 nitrogen and oxygen atoms in total. The van der Waals surface area contributed by atoms with Gasteiger partial charge in [-0.3, -0.25) is 14.0 Å². The minimum Gasteiger partial charge on any atom is -0.497 e. The van der Waals surface area contributed by atoms with Crippen molar-refractivity contribution in [3.8, 4) is 11.5 Å². The van der Waals surface area contributed by atoms with Gasteiger partial charge in [-0.2, -0.15) is 0 Å². The van der Waals surface area contributed by atoms with Gasteiger partial charge < -0.3 is 19.7 Å². The molecule has 2 heterocycles. The van der Waals surface area contributed by atoms with Crippen LogP contribution in [0.15, 0.2) is 42.6 Å². The van der Waals surface area contributed by atoms with E-state index < -0.39 is 5.91 Å². The predicted octanol–water partition coefficient (Wildman–Crippen LogP) is 3.09. The fourth-order valence-electron chi connectivity index (χ4n) is 3.11. The molecule has 2 amide bonds. The molecule has 0 unspecified atom stereocenters. The number of amides is 2. The first-order valence-electron chi connectivity index (χ1n) is 9.33. The summed E-state index contributed by atoms with van der Waals surface area (Å²) in [6, 6.07) is 10.5. The van der Waals surface area contributed by atoms with E-state index in [4.69, 9.17) is 9.47 Å². The van der Waals surface area contributed by atoms with Crippen molar-refractivity contribution in [3.63, 3.8) is 0 Å². The molecule has 3 rings (SSSR count). The van der Waals surface area contributed by atoms with Gasteiger partial charge in [-0.15, -0.1) is 0 Å². The van der Waals surface area contributed by atoms with E-state index in [1.807, 2.05) is 19.9 Å². The number of methoxy groups -OCH3 is 2. The zero-order chi connectivity index (χ0) is 21.0. The highest BCUT2D eigenvalue weighted by Crippen LogP contribution is 2.29. The maximum absolute atomic E-state index is 13.0. The maximum Gasteiger partial charge on any atom is 0.292 e. The number of ether oxygens (including phenoxy) is 2. The van der Waals surface area contributed by atoms with Gasteiger partial charge in [0.1, 0.15) is 11.5 Å². The number of carbonyl (C=O) groups is 2. The lowest BCUT2D eigenvalue weighted by Gasteiger charge is -2.17. The van der Waals surface area contributed by atoms with Crippen LogP contribution in [-0.2, 0) is 0 Å². The van der Waals surface area contributed by atoms with E-state index in [9.17, 15) is 9.59 Å². The predicted molar refractivity (Wildman–Crippen MR) is 110 cm³/mol. The van der Waals surface area contributed by atoms with Crippen LogP contribution < -0.4 is 14.8 Å². The minimum atomic E-state index is -0.462. The fourth-order valence-corrected chi connectivity index (χ4v) is 3.11. The second-order valence-corrected chi connectivity index (χ2v) is 6.24. The van der Waals surface area contributed by atoms with E-state index in [1.165, 1.54) is 7.11 Å². The summed E-state index contributed by atoms with van der Waals surface area (Å²) in [5.41, 5.74) is 1.27. The number of rotatable bonds is 7. The Morgan fingerprint density at radius 1 is 1.10 bits per heavy atom. The van der Waals surface area contributed by atoms with Crippen LogP contribution in [0.4, 0.5) is 5.69 Å². The molecule has 0 radical (unpaired) electrons. The molecule has 152 valence electrons. The quantitative estimate of drug-likeness (QED) is 0.663. The first-order chi connectivity index (χ1) is 14.0. The number of imidazole rings is 1. The molecule has 29 heavy (non-hydrogen) atoms. The lowest BCUT2D eigenvalue weighted by Crippen LogP contribution is -2.31. The normalized spacial score (nSPS) is 10.6. The molecule has 0 aliphatic carbocycles. The summed E-state index contributed by atoms with van der Waals surface area (Å²) in [6.45, 7) is 4.93. The Kier molecular flexibility index (Phi) is 6.01. The monoisotopic (exact) mass is 396 g/mol. The molecule has 8 heteroatoms. The Balaban J connectivity index is 2.02. The molecular weight excluding hydrogens is 372 g/mol. The minimum absolute atomic E-state index is 0.112. The molecule has 0 saturated carbocycles. The molecule has 0 saturated heterocycles. The van der Waals surface area contributed by atoms with Crippen molar-refractivity contribution in [2.75, 3.05) is 32.6 Å². The fraction of sp³-hybridized carbons (Fsp3) is 0.286. The molecule has 0 bridgehead atoms. The highest BCUT2D eigenvalue weighted by Gasteiger charge is 2.24. The van der Waals surface area contributed by atoms with Crippen molar-refractivity contribution < 1.29 is 19.1 Å². The van der Waals surface area contributed by atoms with E-state index in [0.717, 1.165) is 0 Å². The average molecular weight is 396 g/mol. The van der Waals surface area contributed by atoms with Crippen molar-refractivity contribution in [2.24, 2.45) is 0 Å². The van der Waals surface area contributed by atoms with Gasteiger partial charge in [0.25, 0.3) is 11.8 Å². The van der Waals surface area contributed by atoms with Crippen LogP contribution in [0.3, 0.4) is 0 Å². The SMILES string of the molecule is CCN(CC)C(=O)c1nc(C(=O)Nc2cc(OC)ccc2OC)n2ccccc12. The van der Waals surface area contributed by atoms with Gasteiger partial charge in [0.2, 0.25) is 5.82 Å². The summed E-state index contributed by atoms with van der Waals surface area (Å²) >= 11 is 0. The number of hydrogen-bond donors (Lipinski definition) is 1. The van der Waals surface area contributed by atoms with Gasteiger partial charge in [0.15, 0.2) is 5.69 Å². The van der Waals surface area contributed by atoms with Gasteiger partial charge >= 0.3 is 0 Å². The Morgan fingerprint density at radius 2 is 1.86 bits per heavy atom. The average Bonchev–Trinajstić information content (AvgIpc) is 3.14. The van der Waals surface area contributed by atoms with E-state index in [-0.39, 0.29) is 17.4 Å². The van der Waals surface area contributed by atoms with Gasteiger partial charge in [-0.25, -0.2) is 4.98 Å². The van der Waals surface area contributed by atoms with Crippen molar-refractivity contribution in [1.29, 1.82) is 0 Å². The number of nitrogens with zero attached hydrogens (tertiary/aromatic N) is 3. The van der Waals surface area contributed by atoms with Gasteiger partial charge in [0.05, 0.1) is 25.4 Å². The standard InChI is InChI=1S/C21H24N4O4/c1-5-24(6-2)21(27)18-16-9-7-8-12-25(16)19(23-18)20(26)22-15-13-14(28-3)10-11-17(15)29-4/h7-13H,5-6H2,1-4H3,(H,22,26). The number of carbonyl (C=O) groups excluding carboxylic acids is 2.